The van der Waals surface area contributed by atoms with Gasteiger partial charge in [-0.15, -0.1) is 0 Å². The average Bonchev–Trinajstić information content (AvgIpc) is 2.72. The van der Waals surface area contributed by atoms with E-state index in [1.807, 2.05) is 18.2 Å². The van der Waals surface area contributed by atoms with Crippen LogP contribution in [0.2, 0.25) is 0 Å². The van der Waals surface area contributed by atoms with Crippen molar-refractivity contribution in [1.29, 1.82) is 0 Å². The number of aromatic hydroxyl groups is 1. The van der Waals surface area contributed by atoms with E-state index in [-0.39, 0.29) is 5.75 Å². The number of rotatable bonds is 2. The Morgan fingerprint density at radius 2 is 1.79 bits per heavy atom. The molecule has 4 heteroatoms. The molecule has 1 N–H and O–H groups in total. The fourth-order valence-electron chi connectivity index (χ4n) is 3.74. The summed E-state index contributed by atoms with van der Waals surface area (Å²) in [6.45, 7) is 3.94. The van der Waals surface area contributed by atoms with Gasteiger partial charge < -0.3 is 19.5 Å². The summed E-state index contributed by atoms with van der Waals surface area (Å²) in [4.78, 5) is 2.23. The fourth-order valence-corrected chi connectivity index (χ4v) is 3.74. The zero-order chi connectivity index (χ0) is 19.1. The number of benzene rings is 3. The molecule has 3 aromatic rings. The summed E-state index contributed by atoms with van der Waals surface area (Å²) in [5.41, 5.74) is 6.77. The smallest absolute Gasteiger partial charge is 0.161 e. The van der Waals surface area contributed by atoms with Gasteiger partial charge >= 0.3 is 0 Å². The van der Waals surface area contributed by atoms with Gasteiger partial charge in [0.15, 0.2) is 6.73 Å². The van der Waals surface area contributed by atoms with Gasteiger partial charge in [0, 0.05) is 29.4 Å². The number of nitrogens with zero attached hydrogens (tertiary/aromatic N) is 1. The summed E-state index contributed by atoms with van der Waals surface area (Å²) in [5, 5.41) is 9.51. The molecular weight excluding hydrogens is 350 g/mol. The van der Waals surface area contributed by atoms with Crippen LogP contribution >= 0.6 is 0 Å². The molecule has 140 valence electrons. The van der Waals surface area contributed by atoms with E-state index < -0.39 is 0 Å². The van der Waals surface area contributed by atoms with Gasteiger partial charge in [0.1, 0.15) is 23.9 Å². The molecule has 0 fully saturated rings. The van der Waals surface area contributed by atoms with Crippen LogP contribution in [0.5, 0.6) is 17.2 Å². The van der Waals surface area contributed by atoms with Crippen molar-refractivity contribution in [3.05, 3.63) is 82.9 Å². The monoisotopic (exact) mass is 371 g/mol. The van der Waals surface area contributed by atoms with Crippen molar-refractivity contribution in [3.8, 4) is 17.2 Å². The third kappa shape index (κ3) is 3.07. The van der Waals surface area contributed by atoms with Crippen molar-refractivity contribution in [1.82, 2.24) is 0 Å². The summed E-state index contributed by atoms with van der Waals surface area (Å²) < 4.78 is 12.0. The van der Waals surface area contributed by atoms with Gasteiger partial charge in [-0.05, 0) is 60.0 Å². The van der Waals surface area contributed by atoms with Crippen LogP contribution in [0.25, 0.3) is 11.6 Å². The molecule has 0 atom stereocenters. The molecule has 5 rings (SSSR count). The number of fused-ring (bicyclic) bond motifs is 2. The van der Waals surface area contributed by atoms with E-state index in [1.165, 1.54) is 11.3 Å². The molecule has 0 saturated heterocycles. The molecule has 0 amide bonds. The number of phenols is 1. The maximum Gasteiger partial charge on any atom is 0.161 e. The van der Waals surface area contributed by atoms with Crippen molar-refractivity contribution in [3.63, 3.8) is 0 Å². The number of ether oxygens (including phenoxy) is 2. The number of hydrogen-bond donors (Lipinski definition) is 1. The van der Waals surface area contributed by atoms with Crippen LogP contribution in [0.4, 0.5) is 5.69 Å². The van der Waals surface area contributed by atoms with Crippen molar-refractivity contribution < 1.29 is 14.6 Å². The Kier molecular flexibility index (Phi) is 3.97. The van der Waals surface area contributed by atoms with E-state index in [0.29, 0.717) is 13.3 Å². The van der Waals surface area contributed by atoms with Crippen molar-refractivity contribution in [2.24, 2.45) is 0 Å². The van der Waals surface area contributed by atoms with Crippen LogP contribution in [0.3, 0.4) is 0 Å². The van der Waals surface area contributed by atoms with Gasteiger partial charge in [-0.1, -0.05) is 24.3 Å². The molecule has 0 aromatic heterocycles. The molecule has 0 spiro atoms. The second-order valence-electron chi connectivity index (χ2n) is 7.31. The van der Waals surface area contributed by atoms with Crippen LogP contribution in [0.1, 0.15) is 22.3 Å². The number of aryl methyl sites for hydroxylation is 1. The third-order valence-electron chi connectivity index (χ3n) is 5.25. The minimum atomic E-state index is 0.268. The second-order valence-corrected chi connectivity index (χ2v) is 7.31. The summed E-state index contributed by atoms with van der Waals surface area (Å²) in [6, 6.07) is 19.9. The van der Waals surface area contributed by atoms with Gasteiger partial charge in [0.05, 0.1) is 0 Å². The average molecular weight is 371 g/mol. The standard InChI is InChI=1S/C24H21NO3/c1-16-3-2-4-21(9-16)25-13-19-10-18-11-20(17-5-7-22(26)8-6-17)14-27-23(18)12-24(19)28-15-25/h2-12,26H,13-15H2,1H3. The lowest BCUT2D eigenvalue weighted by atomic mass is 9.98. The quantitative estimate of drug-likeness (QED) is 0.689. The number of phenolic OH excluding ortho intramolecular Hbond substituents is 1. The van der Waals surface area contributed by atoms with Crippen molar-refractivity contribution in [2.75, 3.05) is 18.2 Å². The van der Waals surface area contributed by atoms with Crippen LogP contribution in [-0.2, 0) is 6.54 Å². The van der Waals surface area contributed by atoms with Gasteiger partial charge in [0.25, 0.3) is 0 Å². The fraction of sp³-hybridized carbons (Fsp3) is 0.167. The van der Waals surface area contributed by atoms with Gasteiger partial charge in [0.2, 0.25) is 0 Å². The van der Waals surface area contributed by atoms with E-state index in [1.54, 1.807) is 12.1 Å². The first-order valence-corrected chi connectivity index (χ1v) is 9.40. The Balaban J connectivity index is 1.47. The Bertz CT molecular complexity index is 1070. The highest BCUT2D eigenvalue weighted by Crippen LogP contribution is 2.38. The summed E-state index contributed by atoms with van der Waals surface area (Å²) in [7, 11) is 0. The summed E-state index contributed by atoms with van der Waals surface area (Å²) in [6.07, 6.45) is 2.16. The van der Waals surface area contributed by atoms with E-state index in [0.717, 1.165) is 40.3 Å². The maximum atomic E-state index is 9.51. The molecule has 2 aliphatic heterocycles. The van der Waals surface area contributed by atoms with Crippen LogP contribution in [-0.4, -0.2) is 18.4 Å². The minimum Gasteiger partial charge on any atom is -0.508 e. The van der Waals surface area contributed by atoms with Crippen LogP contribution in [0.15, 0.2) is 60.7 Å². The molecular formula is C24H21NO3. The molecule has 0 aliphatic carbocycles. The highest BCUT2D eigenvalue weighted by atomic mass is 16.5. The molecule has 28 heavy (non-hydrogen) atoms. The molecule has 2 heterocycles. The number of hydrogen-bond acceptors (Lipinski definition) is 4. The first-order chi connectivity index (χ1) is 13.7. The lowest BCUT2D eigenvalue weighted by molar-refractivity contribution is 0.285. The lowest BCUT2D eigenvalue weighted by Gasteiger charge is -2.32. The SMILES string of the molecule is Cc1cccc(N2COc3cc4c(cc3C2)C=C(c2ccc(O)cc2)CO4)c1. The summed E-state index contributed by atoms with van der Waals surface area (Å²) >= 11 is 0. The molecule has 0 bridgehead atoms. The van der Waals surface area contributed by atoms with Gasteiger partial charge in [-0.25, -0.2) is 0 Å². The second kappa shape index (κ2) is 6.64. The lowest BCUT2D eigenvalue weighted by Crippen LogP contribution is -2.32. The molecule has 0 saturated carbocycles. The van der Waals surface area contributed by atoms with Crippen LogP contribution in [0, 0.1) is 6.92 Å². The molecule has 0 unspecified atom stereocenters. The number of anilines is 1. The minimum absolute atomic E-state index is 0.268. The third-order valence-corrected chi connectivity index (χ3v) is 5.25. The Hall–Kier alpha value is -3.40. The predicted octanol–water partition coefficient (Wildman–Crippen LogP) is 4.99. The van der Waals surface area contributed by atoms with Gasteiger partial charge in [-0.2, -0.15) is 0 Å². The topological polar surface area (TPSA) is 41.9 Å². The highest BCUT2D eigenvalue weighted by molar-refractivity contribution is 5.86. The zero-order valence-electron chi connectivity index (χ0n) is 15.7. The highest BCUT2D eigenvalue weighted by Gasteiger charge is 2.22. The van der Waals surface area contributed by atoms with Gasteiger partial charge in [-0.3, -0.25) is 0 Å². The predicted molar refractivity (Wildman–Crippen MR) is 111 cm³/mol. The van der Waals surface area contributed by atoms with E-state index in [9.17, 15) is 5.11 Å². The van der Waals surface area contributed by atoms with E-state index in [2.05, 4.69) is 48.2 Å². The Labute approximate surface area is 164 Å². The van der Waals surface area contributed by atoms with Crippen LogP contribution < -0.4 is 14.4 Å². The first-order valence-electron chi connectivity index (χ1n) is 9.40. The van der Waals surface area contributed by atoms with Crippen molar-refractivity contribution in [2.45, 2.75) is 13.5 Å². The zero-order valence-corrected chi connectivity index (χ0v) is 15.7. The molecule has 0 radical (unpaired) electrons. The van der Waals surface area contributed by atoms with E-state index in [4.69, 9.17) is 9.47 Å². The first kappa shape index (κ1) is 16.8. The molecule has 3 aromatic carbocycles. The summed E-state index contributed by atoms with van der Waals surface area (Å²) in [5.74, 6) is 2.01. The molecule has 4 nitrogen and oxygen atoms in total. The Morgan fingerprint density at radius 3 is 2.61 bits per heavy atom. The maximum absolute atomic E-state index is 9.51. The largest absolute Gasteiger partial charge is 0.508 e. The normalized spacial score (nSPS) is 15.0. The Morgan fingerprint density at radius 1 is 0.929 bits per heavy atom. The molecule has 2 aliphatic rings. The van der Waals surface area contributed by atoms with E-state index >= 15 is 0 Å². The van der Waals surface area contributed by atoms with Crippen molar-refractivity contribution >= 4 is 17.3 Å².